The normalized spacial score (nSPS) is 25.3. The fourth-order valence-electron chi connectivity index (χ4n) is 5.40. The summed E-state index contributed by atoms with van der Waals surface area (Å²) in [5.41, 5.74) is -0.0860. The molecule has 1 aromatic heterocycles. The smallest absolute Gasteiger partial charge is 0.278 e. The van der Waals surface area contributed by atoms with Crippen LogP contribution in [0.5, 0.6) is 5.75 Å². The predicted octanol–water partition coefficient (Wildman–Crippen LogP) is 2.51. The fraction of sp³-hybridized carbons (Fsp3) is 0.280. The summed E-state index contributed by atoms with van der Waals surface area (Å²) in [6.07, 6.45) is 0.796. The number of aromatic hydroxyl groups is 1. The maximum Gasteiger partial charge on any atom is 0.278 e. The number of carbonyl (C=O) groups is 1. The highest BCUT2D eigenvalue weighted by Gasteiger charge is 2.52. The molecule has 0 aliphatic carbocycles. The minimum atomic E-state index is -1.40. The first kappa shape index (κ1) is 22.2. The van der Waals surface area contributed by atoms with Gasteiger partial charge in [0.2, 0.25) is 5.43 Å². The van der Waals surface area contributed by atoms with Gasteiger partial charge in [-0.25, -0.2) is 4.39 Å². The predicted molar refractivity (Wildman–Crippen MR) is 130 cm³/mol. The van der Waals surface area contributed by atoms with Crippen LogP contribution in [0.3, 0.4) is 0 Å². The SMILES string of the molecule is [B][C@@]1(N2[C@@H]3COC[C@H](C)N3C(=O)c3c(O)c(=O)ccn32)c2ccc(F)cc2CSc2ccccc21. The van der Waals surface area contributed by atoms with Gasteiger partial charge in [0.1, 0.15) is 19.8 Å². The lowest BCUT2D eigenvalue weighted by atomic mass is 9.65. The zero-order chi connectivity index (χ0) is 24.5. The molecule has 1 saturated heterocycles. The van der Waals surface area contributed by atoms with Crippen molar-refractivity contribution in [2.24, 2.45) is 0 Å². The van der Waals surface area contributed by atoms with E-state index < -0.39 is 28.7 Å². The second kappa shape index (κ2) is 7.89. The second-order valence-electron chi connectivity index (χ2n) is 9.00. The number of hydrogen-bond donors (Lipinski definition) is 1. The molecule has 0 unspecified atom stereocenters. The van der Waals surface area contributed by atoms with Crippen molar-refractivity contribution in [3.63, 3.8) is 0 Å². The number of ether oxygens (including phenoxy) is 1. The molecular formula is C25H21BFN3O4S. The Bertz CT molecular complexity index is 1430. The number of pyridine rings is 1. The quantitative estimate of drug-likeness (QED) is 0.530. The molecular weight excluding hydrogens is 468 g/mol. The van der Waals surface area contributed by atoms with E-state index >= 15 is 0 Å². The molecule has 0 bridgehead atoms. The zero-order valence-electron chi connectivity index (χ0n) is 18.8. The molecule has 7 nitrogen and oxygen atoms in total. The van der Waals surface area contributed by atoms with Crippen molar-refractivity contribution < 1.29 is 19.0 Å². The summed E-state index contributed by atoms with van der Waals surface area (Å²) in [5, 5.41) is 12.5. The number of halogens is 1. The highest BCUT2D eigenvalue weighted by molar-refractivity contribution is 7.98. The Morgan fingerprint density at radius 3 is 2.77 bits per heavy atom. The molecule has 176 valence electrons. The van der Waals surface area contributed by atoms with Gasteiger partial charge in [-0.3, -0.25) is 19.3 Å². The largest absolute Gasteiger partial charge is 0.502 e. The van der Waals surface area contributed by atoms with E-state index in [4.69, 9.17) is 12.6 Å². The molecule has 3 aromatic rings. The van der Waals surface area contributed by atoms with Gasteiger partial charge in [0.05, 0.1) is 24.7 Å². The Morgan fingerprint density at radius 2 is 1.94 bits per heavy atom. The van der Waals surface area contributed by atoms with E-state index in [-0.39, 0.29) is 24.2 Å². The monoisotopic (exact) mass is 489 g/mol. The van der Waals surface area contributed by atoms with Gasteiger partial charge in [-0.15, -0.1) is 11.8 Å². The van der Waals surface area contributed by atoms with Crippen LogP contribution in [0.1, 0.15) is 34.1 Å². The fourth-order valence-corrected chi connectivity index (χ4v) is 6.50. The minimum Gasteiger partial charge on any atom is -0.502 e. The topological polar surface area (TPSA) is 75.0 Å². The molecule has 0 spiro atoms. The third kappa shape index (κ3) is 3.09. The van der Waals surface area contributed by atoms with Crippen LogP contribution < -0.4 is 10.4 Å². The number of benzene rings is 2. The molecule has 1 N–H and O–H groups in total. The molecule has 2 aromatic carbocycles. The Balaban J connectivity index is 1.72. The molecule has 10 heteroatoms. The first-order valence-electron chi connectivity index (χ1n) is 11.3. The van der Waals surface area contributed by atoms with Crippen molar-refractivity contribution in [2.75, 3.05) is 18.2 Å². The molecule has 1 fully saturated rings. The number of aromatic nitrogens is 1. The Labute approximate surface area is 206 Å². The van der Waals surface area contributed by atoms with Crippen LogP contribution >= 0.6 is 11.8 Å². The average Bonchev–Trinajstić information content (AvgIpc) is 2.96. The Hall–Kier alpha value is -3.24. The summed E-state index contributed by atoms with van der Waals surface area (Å²) in [7, 11) is 7.42. The maximum absolute atomic E-state index is 14.3. The summed E-state index contributed by atoms with van der Waals surface area (Å²) >= 11 is 1.55. The summed E-state index contributed by atoms with van der Waals surface area (Å²) in [5.74, 6) is -0.987. The van der Waals surface area contributed by atoms with Gasteiger partial charge < -0.3 is 14.7 Å². The van der Waals surface area contributed by atoms with Gasteiger partial charge in [0.25, 0.3) is 5.91 Å². The van der Waals surface area contributed by atoms with Gasteiger partial charge >= 0.3 is 0 Å². The summed E-state index contributed by atoms with van der Waals surface area (Å²) in [4.78, 5) is 28.5. The van der Waals surface area contributed by atoms with Gasteiger partial charge in [0.15, 0.2) is 11.4 Å². The first-order valence-corrected chi connectivity index (χ1v) is 12.3. The highest BCUT2D eigenvalue weighted by Crippen LogP contribution is 2.47. The zero-order valence-corrected chi connectivity index (χ0v) is 19.7. The number of nitrogens with zero attached hydrogens (tertiary/aromatic N) is 3. The first-order chi connectivity index (χ1) is 16.8. The van der Waals surface area contributed by atoms with Crippen molar-refractivity contribution >= 4 is 25.5 Å². The van der Waals surface area contributed by atoms with Crippen LogP contribution in [-0.4, -0.2) is 53.9 Å². The number of hydrogen-bond acceptors (Lipinski definition) is 6. The molecule has 6 rings (SSSR count). The van der Waals surface area contributed by atoms with Crippen LogP contribution in [0.15, 0.2) is 64.4 Å². The molecule has 4 heterocycles. The number of fused-ring (bicyclic) bond motifs is 4. The van der Waals surface area contributed by atoms with Crippen LogP contribution in [0.25, 0.3) is 0 Å². The van der Waals surface area contributed by atoms with E-state index in [1.807, 2.05) is 31.2 Å². The average molecular weight is 489 g/mol. The van der Waals surface area contributed by atoms with Crippen molar-refractivity contribution in [3.8, 4) is 5.75 Å². The molecule has 3 atom stereocenters. The van der Waals surface area contributed by atoms with Crippen molar-refractivity contribution in [2.45, 2.75) is 35.2 Å². The van der Waals surface area contributed by atoms with Crippen LogP contribution in [0.4, 0.5) is 4.39 Å². The maximum atomic E-state index is 14.3. The number of amides is 1. The molecule has 2 radical (unpaired) electrons. The molecule has 35 heavy (non-hydrogen) atoms. The van der Waals surface area contributed by atoms with E-state index in [9.17, 15) is 19.1 Å². The molecule has 3 aliphatic heterocycles. The standard InChI is InChI=1S/C25H21BFN3O4S/c1-14-11-34-12-21-29(14)24(33)22-23(32)19(31)8-9-28(22)30(21)25(26)17-7-6-16(27)10-15(17)13-35-20-5-3-2-4-18(20)25/h2-10,14,21,32H,11-13H2,1H3/t14-,21+,25+/m0/s1. The van der Waals surface area contributed by atoms with Gasteiger partial charge in [-0.05, 0) is 41.8 Å². The lowest BCUT2D eigenvalue weighted by Crippen LogP contribution is -2.73. The van der Waals surface area contributed by atoms with Gasteiger partial charge in [-0.1, -0.05) is 24.3 Å². The third-order valence-electron chi connectivity index (χ3n) is 6.95. The highest BCUT2D eigenvalue weighted by atomic mass is 32.2. The van der Waals surface area contributed by atoms with E-state index in [1.165, 1.54) is 29.1 Å². The molecule has 0 saturated carbocycles. The van der Waals surface area contributed by atoms with Crippen LogP contribution in [0.2, 0.25) is 0 Å². The van der Waals surface area contributed by atoms with E-state index in [1.54, 1.807) is 27.7 Å². The summed E-state index contributed by atoms with van der Waals surface area (Å²) in [6.45, 7) is 2.31. The van der Waals surface area contributed by atoms with E-state index in [2.05, 4.69) is 0 Å². The van der Waals surface area contributed by atoms with E-state index in [0.717, 1.165) is 10.5 Å². The lowest BCUT2D eigenvalue weighted by Gasteiger charge is -2.57. The van der Waals surface area contributed by atoms with Gasteiger partial charge in [-0.2, -0.15) is 0 Å². The summed E-state index contributed by atoms with van der Waals surface area (Å²) < 4.78 is 21.7. The number of carbonyl (C=O) groups excluding carboxylic acids is 1. The van der Waals surface area contributed by atoms with Gasteiger partial charge in [0, 0.05) is 22.9 Å². The van der Waals surface area contributed by atoms with Crippen molar-refractivity contribution in [1.82, 2.24) is 9.58 Å². The third-order valence-corrected chi connectivity index (χ3v) is 8.07. The van der Waals surface area contributed by atoms with Crippen molar-refractivity contribution in [3.05, 3.63) is 93.2 Å². The number of morpholine rings is 1. The minimum absolute atomic E-state index is 0.160. The number of thioether (sulfide) groups is 1. The Morgan fingerprint density at radius 1 is 1.14 bits per heavy atom. The van der Waals surface area contributed by atoms with Crippen LogP contribution in [-0.2, 0) is 15.9 Å². The lowest BCUT2D eigenvalue weighted by molar-refractivity contribution is -0.0485. The molecule has 1 amide bonds. The Kier molecular flexibility index (Phi) is 5.02. The number of rotatable bonds is 1. The second-order valence-corrected chi connectivity index (χ2v) is 10.0. The molecule has 3 aliphatic rings. The van der Waals surface area contributed by atoms with Crippen LogP contribution in [0, 0.1) is 5.82 Å². The summed E-state index contributed by atoms with van der Waals surface area (Å²) in [6, 6.07) is 13.1. The van der Waals surface area contributed by atoms with Crippen molar-refractivity contribution in [1.29, 1.82) is 0 Å². The van der Waals surface area contributed by atoms with E-state index in [0.29, 0.717) is 23.5 Å².